The van der Waals surface area contributed by atoms with Crippen molar-refractivity contribution < 1.29 is 4.74 Å². The Kier molecular flexibility index (Phi) is 5.04. The number of benzene rings is 2. The van der Waals surface area contributed by atoms with E-state index in [1.807, 2.05) is 30.3 Å². The molecule has 0 aliphatic carbocycles. The molecule has 0 N–H and O–H groups in total. The van der Waals surface area contributed by atoms with Crippen molar-refractivity contribution in [1.82, 2.24) is 0 Å². The SMILES string of the molecule is CC#CC#CC#CC#COc1ccc2sc3ccccc3c(=O)c2c1. The summed E-state index contributed by atoms with van der Waals surface area (Å²) >= 11 is 1.58. The van der Waals surface area contributed by atoms with Gasteiger partial charge in [0.2, 0.25) is 0 Å². The molecule has 1 aromatic heterocycles. The number of fused-ring (bicyclic) bond motifs is 2. The standard InChI is InChI=1S/C22H10O2S/c1-2-3-4-5-6-7-10-15-24-17-13-14-21-19(16-17)22(23)18-11-8-9-12-20(18)25-21/h8-9,11-14,16H,1H3. The van der Waals surface area contributed by atoms with Crippen LogP contribution in [0.25, 0.3) is 20.2 Å². The molecule has 0 unspecified atom stereocenters. The molecular formula is C22H10O2S. The maximum Gasteiger partial charge on any atom is 0.196 e. The minimum Gasteiger partial charge on any atom is -0.407 e. The molecule has 3 rings (SSSR count). The summed E-state index contributed by atoms with van der Waals surface area (Å²) < 4.78 is 7.22. The van der Waals surface area contributed by atoms with Crippen molar-refractivity contribution >= 4 is 31.5 Å². The summed E-state index contributed by atoms with van der Waals surface area (Å²) in [7, 11) is 0. The first-order valence-corrected chi connectivity index (χ1v) is 8.15. The van der Waals surface area contributed by atoms with Crippen molar-refractivity contribution in [3.8, 4) is 53.3 Å². The van der Waals surface area contributed by atoms with Crippen LogP contribution in [-0.2, 0) is 0 Å². The van der Waals surface area contributed by atoms with Crippen LogP contribution in [0.5, 0.6) is 5.75 Å². The van der Waals surface area contributed by atoms with Crippen molar-refractivity contribution in [2.24, 2.45) is 0 Å². The minimum absolute atomic E-state index is 0.00476. The van der Waals surface area contributed by atoms with Crippen LogP contribution < -0.4 is 10.2 Å². The average Bonchev–Trinajstić information content (AvgIpc) is 2.64. The monoisotopic (exact) mass is 338 g/mol. The smallest absolute Gasteiger partial charge is 0.196 e. The molecule has 3 aromatic rings. The van der Waals surface area contributed by atoms with E-state index in [2.05, 4.69) is 47.5 Å². The Morgan fingerprint density at radius 2 is 1.56 bits per heavy atom. The highest BCUT2D eigenvalue weighted by atomic mass is 32.1. The van der Waals surface area contributed by atoms with Gasteiger partial charge in [-0.25, -0.2) is 0 Å². The second-order valence-corrected chi connectivity index (χ2v) is 5.87. The summed E-state index contributed by atoms with van der Waals surface area (Å²) in [6.07, 6.45) is 2.49. The molecule has 116 valence electrons. The third kappa shape index (κ3) is 3.83. The molecule has 0 spiro atoms. The number of hydrogen-bond acceptors (Lipinski definition) is 3. The fraction of sp³-hybridized carbons (Fsp3) is 0.0455. The third-order valence-electron chi connectivity index (χ3n) is 3.20. The van der Waals surface area contributed by atoms with Gasteiger partial charge in [-0.05, 0) is 55.0 Å². The molecule has 0 aliphatic rings. The maximum atomic E-state index is 12.6. The zero-order valence-corrected chi connectivity index (χ0v) is 14.1. The number of hydrogen-bond donors (Lipinski definition) is 0. The predicted molar refractivity (Wildman–Crippen MR) is 103 cm³/mol. The molecule has 2 aromatic carbocycles. The molecular weight excluding hydrogens is 328 g/mol. The molecule has 0 amide bonds. The van der Waals surface area contributed by atoms with E-state index in [0.29, 0.717) is 16.5 Å². The Labute approximate surface area is 149 Å². The van der Waals surface area contributed by atoms with Crippen LogP contribution in [0, 0.1) is 47.5 Å². The van der Waals surface area contributed by atoms with Gasteiger partial charge in [0.1, 0.15) is 11.9 Å². The van der Waals surface area contributed by atoms with Gasteiger partial charge in [-0.3, -0.25) is 4.79 Å². The first-order valence-electron chi connectivity index (χ1n) is 7.34. The zero-order chi connectivity index (χ0) is 17.5. The molecule has 2 nitrogen and oxygen atoms in total. The van der Waals surface area contributed by atoms with Gasteiger partial charge < -0.3 is 4.74 Å². The van der Waals surface area contributed by atoms with Crippen molar-refractivity contribution in [1.29, 1.82) is 0 Å². The average molecular weight is 338 g/mol. The first kappa shape index (κ1) is 16.2. The Balaban J connectivity index is 1.88. The van der Waals surface area contributed by atoms with Gasteiger partial charge >= 0.3 is 0 Å². The highest BCUT2D eigenvalue weighted by Gasteiger charge is 2.06. The van der Waals surface area contributed by atoms with Crippen molar-refractivity contribution in [3.05, 3.63) is 52.7 Å². The molecule has 0 bridgehead atoms. The lowest BCUT2D eigenvalue weighted by atomic mass is 10.2. The molecule has 1 heterocycles. The number of ether oxygens (including phenoxy) is 1. The molecule has 0 radical (unpaired) electrons. The summed E-state index contributed by atoms with van der Waals surface area (Å²) in [6, 6.07) is 12.9. The fourth-order valence-corrected chi connectivity index (χ4v) is 3.20. The van der Waals surface area contributed by atoms with Crippen molar-refractivity contribution in [3.63, 3.8) is 0 Å². The Morgan fingerprint density at radius 3 is 2.40 bits per heavy atom. The predicted octanol–water partition coefficient (Wildman–Crippen LogP) is 3.78. The van der Waals surface area contributed by atoms with E-state index in [9.17, 15) is 4.79 Å². The Bertz CT molecular complexity index is 1270. The van der Waals surface area contributed by atoms with Crippen LogP contribution in [0.4, 0.5) is 0 Å². The van der Waals surface area contributed by atoms with Crippen LogP contribution in [0.15, 0.2) is 47.3 Å². The van der Waals surface area contributed by atoms with E-state index in [-0.39, 0.29) is 5.43 Å². The lowest BCUT2D eigenvalue weighted by molar-refractivity contribution is 0.521. The second kappa shape index (κ2) is 7.77. The van der Waals surface area contributed by atoms with Crippen LogP contribution in [0.1, 0.15) is 6.92 Å². The first-order chi connectivity index (χ1) is 12.3. The summed E-state index contributed by atoms with van der Waals surface area (Å²) in [5.41, 5.74) is -0.00476. The second-order valence-electron chi connectivity index (χ2n) is 4.79. The van der Waals surface area contributed by atoms with E-state index in [1.54, 1.807) is 30.4 Å². The van der Waals surface area contributed by atoms with E-state index >= 15 is 0 Å². The fourth-order valence-electron chi connectivity index (χ4n) is 2.14. The van der Waals surface area contributed by atoms with Gasteiger partial charge in [0.15, 0.2) is 5.43 Å². The molecule has 0 saturated carbocycles. The lowest BCUT2D eigenvalue weighted by Gasteiger charge is -2.02. The molecule has 0 atom stereocenters. The van der Waals surface area contributed by atoms with E-state index in [1.165, 1.54) is 0 Å². The summed E-state index contributed by atoms with van der Waals surface area (Å²) in [5.74, 6) is 18.5. The Morgan fingerprint density at radius 1 is 0.840 bits per heavy atom. The Hall–Kier alpha value is -3.63. The van der Waals surface area contributed by atoms with Gasteiger partial charge in [-0.1, -0.05) is 18.1 Å². The van der Waals surface area contributed by atoms with Crippen molar-refractivity contribution in [2.45, 2.75) is 6.92 Å². The summed E-state index contributed by atoms with van der Waals surface area (Å²) in [4.78, 5) is 12.6. The van der Waals surface area contributed by atoms with Crippen LogP contribution >= 0.6 is 11.3 Å². The minimum atomic E-state index is -0.00476. The van der Waals surface area contributed by atoms with Gasteiger partial charge in [0.05, 0.1) is 0 Å². The summed E-state index contributed by atoms with van der Waals surface area (Å²) in [6.45, 7) is 1.70. The highest BCUT2D eigenvalue weighted by Crippen LogP contribution is 2.27. The van der Waals surface area contributed by atoms with E-state index in [4.69, 9.17) is 4.74 Å². The van der Waals surface area contributed by atoms with Gasteiger partial charge in [0, 0.05) is 37.9 Å². The normalized spacial score (nSPS) is 8.68. The van der Waals surface area contributed by atoms with E-state index in [0.717, 1.165) is 9.40 Å². The molecule has 3 heteroatoms. The maximum absolute atomic E-state index is 12.6. The quantitative estimate of drug-likeness (QED) is 0.498. The van der Waals surface area contributed by atoms with Gasteiger partial charge in [-0.2, -0.15) is 0 Å². The zero-order valence-electron chi connectivity index (χ0n) is 13.3. The topological polar surface area (TPSA) is 26.3 Å². The van der Waals surface area contributed by atoms with Gasteiger partial charge in [-0.15, -0.1) is 11.3 Å². The molecule has 0 fully saturated rings. The largest absolute Gasteiger partial charge is 0.407 e. The van der Waals surface area contributed by atoms with Gasteiger partial charge in [0.25, 0.3) is 0 Å². The molecule has 25 heavy (non-hydrogen) atoms. The highest BCUT2D eigenvalue weighted by molar-refractivity contribution is 7.24. The third-order valence-corrected chi connectivity index (χ3v) is 4.36. The lowest BCUT2D eigenvalue weighted by Crippen LogP contribution is -2.00. The molecule has 0 aliphatic heterocycles. The summed E-state index contributed by atoms with van der Waals surface area (Å²) in [5, 5.41) is 1.33. The number of rotatable bonds is 1. The van der Waals surface area contributed by atoms with Crippen LogP contribution in [0.3, 0.4) is 0 Å². The van der Waals surface area contributed by atoms with Crippen molar-refractivity contribution in [2.75, 3.05) is 0 Å². The van der Waals surface area contributed by atoms with Crippen LogP contribution in [0.2, 0.25) is 0 Å². The molecule has 0 saturated heterocycles. The van der Waals surface area contributed by atoms with Crippen LogP contribution in [-0.4, -0.2) is 0 Å². The van der Waals surface area contributed by atoms with E-state index < -0.39 is 0 Å².